The van der Waals surface area contributed by atoms with Crippen molar-refractivity contribution in [2.75, 3.05) is 34.3 Å². The van der Waals surface area contributed by atoms with Gasteiger partial charge in [-0.15, -0.1) is 0 Å². The van der Waals surface area contributed by atoms with Crippen LogP contribution in [0.1, 0.15) is 41.6 Å². The first-order valence-corrected chi connectivity index (χ1v) is 12.1. The first-order chi connectivity index (χ1) is 15.9. The maximum atomic E-state index is 13.2. The number of amides is 1. The third-order valence-corrected chi connectivity index (χ3v) is 8.13. The molecule has 172 valence electrons. The highest BCUT2D eigenvalue weighted by atomic mass is 16.5. The topological polar surface area (TPSA) is 38.3 Å². The molecule has 3 aromatic rings. The van der Waals surface area contributed by atoms with Crippen molar-refractivity contribution in [1.82, 2.24) is 5.32 Å². The zero-order chi connectivity index (χ0) is 23.1. The van der Waals surface area contributed by atoms with Crippen molar-refractivity contribution in [3.05, 3.63) is 77.9 Å². The molecule has 5 rings (SSSR count). The van der Waals surface area contributed by atoms with E-state index in [1.165, 1.54) is 12.1 Å². The van der Waals surface area contributed by atoms with Crippen LogP contribution in [0.4, 0.5) is 0 Å². The van der Waals surface area contributed by atoms with Crippen LogP contribution in [0.2, 0.25) is 0 Å². The summed E-state index contributed by atoms with van der Waals surface area (Å²) in [6.07, 6.45) is 4.31. The Hall–Kier alpha value is -2.85. The van der Waals surface area contributed by atoms with Crippen LogP contribution < -0.4 is 10.1 Å². The quantitative estimate of drug-likeness (QED) is 0.565. The SMILES string of the molecule is COc1cccc([C@@]23CC[N+](C)(C)C[C@H]2CC[C@@H](NC(=O)c2ccc4ccccc4c2)C3)c1. The van der Waals surface area contributed by atoms with E-state index in [0.29, 0.717) is 5.92 Å². The van der Waals surface area contributed by atoms with Crippen LogP contribution in [0, 0.1) is 5.92 Å². The number of rotatable bonds is 4. The lowest BCUT2D eigenvalue weighted by atomic mass is 9.57. The summed E-state index contributed by atoms with van der Waals surface area (Å²) in [5.41, 5.74) is 2.20. The van der Waals surface area contributed by atoms with Gasteiger partial charge in [-0.2, -0.15) is 0 Å². The molecule has 33 heavy (non-hydrogen) atoms. The smallest absolute Gasteiger partial charge is 0.251 e. The summed E-state index contributed by atoms with van der Waals surface area (Å²) < 4.78 is 6.65. The van der Waals surface area contributed by atoms with Crippen LogP contribution in [-0.2, 0) is 5.41 Å². The van der Waals surface area contributed by atoms with Crippen LogP contribution in [-0.4, -0.2) is 50.7 Å². The zero-order valence-corrected chi connectivity index (χ0v) is 20.0. The lowest BCUT2D eigenvalue weighted by Crippen LogP contribution is -2.60. The number of carbonyl (C=O) groups excluding carboxylic acids is 1. The van der Waals surface area contributed by atoms with Gasteiger partial charge in [-0.1, -0.05) is 42.5 Å². The van der Waals surface area contributed by atoms with Crippen LogP contribution >= 0.6 is 0 Å². The fraction of sp³-hybridized carbons (Fsp3) is 0.414. The summed E-state index contributed by atoms with van der Waals surface area (Å²) >= 11 is 0. The van der Waals surface area contributed by atoms with Crippen molar-refractivity contribution in [2.45, 2.75) is 37.1 Å². The molecule has 2 aliphatic rings. The highest BCUT2D eigenvalue weighted by molar-refractivity contribution is 5.98. The number of methoxy groups -OCH3 is 1. The summed E-state index contributed by atoms with van der Waals surface area (Å²) in [6.45, 7) is 2.33. The summed E-state index contributed by atoms with van der Waals surface area (Å²) in [7, 11) is 6.44. The molecule has 1 saturated carbocycles. The minimum Gasteiger partial charge on any atom is -0.497 e. The number of nitrogens with one attached hydrogen (secondary N) is 1. The van der Waals surface area contributed by atoms with Crippen LogP contribution in [0.25, 0.3) is 10.8 Å². The van der Waals surface area contributed by atoms with Crippen molar-refractivity contribution >= 4 is 16.7 Å². The molecule has 0 unspecified atom stereocenters. The average molecular weight is 444 g/mol. The maximum absolute atomic E-state index is 13.2. The molecule has 1 heterocycles. The predicted octanol–water partition coefficient (Wildman–Crippen LogP) is 5.17. The van der Waals surface area contributed by atoms with Gasteiger partial charge in [-0.25, -0.2) is 0 Å². The number of hydrogen-bond acceptors (Lipinski definition) is 2. The molecule has 4 nitrogen and oxygen atoms in total. The molecule has 1 saturated heterocycles. The summed E-state index contributed by atoms with van der Waals surface area (Å²) in [4.78, 5) is 13.2. The van der Waals surface area contributed by atoms with Gasteiger partial charge in [0.2, 0.25) is 0 Å². The lowest BCUT2D eigenvalue weighted by molar-refractivity contribution is -0.901. The molecule has 4 heteroatoms. The normalized spacial score (nSPS) is 26.4. The number of piperidine rings is 1. The fourth-order valence-corrected chi connectivity index (χ4v) is 6.30. The fourth-order valence-electron chi connectivity index (χ4n) is 6.30. The van der Waals surface area contributed by atoms with E-state index in [1.807, 2.05) is 36.4 Å². The first-order valence-electron chi connectivity index (χ1n) is 12.1. The minimum atomic E-state index is 0.0388. The summed E-state index contributed by atoms with van der Waals surface area (Å²) in [5.74, 6) is 1.57. The maximum Gasteiger partial charge on any atom is 0.251 e. The van der Waals surface area contributed by atoms with Crippen LogP contribution in [0.15, 0.2) is 66.7 Å². The van der Waals surface area contributed by atoms with E-state index < -0.39 is 0 Å². The molecule has 1 amide bonds. The Morgan fingerprint density at radius 3 is 2.64 bits per heavy atom. The standard InChI is InChI=1S/C29H34N2O2/c1-31(2)16-15-29(24-9-6-10-27(18-24)33-3)19-26(14-13-25(29)20-31)30-28(32)23-12-11-21-7-4-5-8-22(21)17-23/h4-12,17-18,25-26H,13-16,19-20H2,1-3H3/p+1/t25-,26-,29+/m1/s1. The van der Waals surface area contributed by atoms with E-state index in [0.717, 1.165) is 58.8 Å². The Bertz CT molecular complexity index is 1170. The molecule has 0 radical (unpaired) electrons. The van der Waals surface area contributed by atoms with E-state index in [1.54, 1.807) is 7.11 Å². The van der Waals surface area contributed by atoms with Gasteiger partial charge in [0.1, 0.15) is 5.75 Å². The highest BCUT2D eigenvalue weighted by Gasteiger charge is 2.51. The van der Waals surface area contributed by atoms with E-state index in [-0.39, 0.29) is 17.4 Å². The Kier molecular flexibility index (Phi) is 5.65. The molecule has 3 atom stereocenters. The summed E-state index contributed by atoms with van der Waals surface area (Å²) in [6, 6.07) is 23.0. The highest BCUT2D eigenvalue weighted by Crippen LogP contribution is 2.50. The summed E-state index contributed by atoms with van der Waals surface area (Å²) in [5, 5.41) is 5.67. The number of nitrogens with zero attached hydrogens (tertiary/aromatic N) is 1. The third kappa shape index (κ3) is 4.24. The molecule has 2 fully saturated rings. The Balaban J connectivity index is 1.41. The Morgan fingerprint density at radius 2 is 1.82 bits per heavy atom. The van der Waals surface area contributed by atoms with Gasteiger partial charge in [-0.05, 0) is 59.9 Å². The van der Waals surface area contributed by atoms with E-state index >= 15 is 0 Å². The largest absolute Gasteiger partial charge is 0.497 e. The van der Waals surface area contributed by atoms with Gasteiger partial charge in [0, 0.05) is 29.4 Å². The number of carbonyl (C=O) groups is 1. The van der Waals surface area contributed by atoms with E-state index in [2.05, 4.69) is 49.7 Å². The molecular formula is C29H35N2O2+. The van der Waals surface area contributed by atoms with Crippen molar-refractivity contribution in [1.29, 1.82) is 0 Å². The number of hydrogen-bond donors (Lipinski definition) is 1. The molecule has 1 aliphatic heterocycles. The number of likely N-dealkylation sites (tertiary alicyclic amines) is 1. The lowest BCUT2D eigenvalue weighted by Gasteiger charge is -2.54. The minimum absolute atomic E-state index is 0.0388. The van der Waals surface area contributed by atoms with E-state index in [4.69, 9.17) is 4.74 Å². The second-order valence-electron chi connectivity index (χ2n) is 10.7. The molecule has 0 bridgehead atoms. The second kappa shape index (κ2) is 8.49. The van der Waals surface area contributed by atoms with Crippen molar-refractivity contribution in [2.24, 2.45) is 5.92 Å². The second-order valence-corrected chi connectivity index (χ2v) is 10.7. The van der Waals surface area contributed by atoms with Gasteiger partial charge in [-0.3, -0.25) is 4.79 Å². The number of quaternary nitrogens is 1. The molecule has 0 aromatic heterocycles. The zero-order valence-electron chi connectivity index (χ0n) is 20.0. The molecule has 1 N–H and O–H groups in total. The molecular weight excluding hydrogens is 408 g/mol. The number of benzene rings is 3. The van der Waals surface area contributed by atoms with Crippen LogP contribution in [0.3, 0.4) is 0 Å². The van der Waals surface area contributed by atoms with Gasteiger partial charge in [0.05, 0.1) is 34.3 Å². The number of ether oxygens (including phenoxy) is 1. The van der Waals surface area contributed by atoms with Gasteiger partial charge >= 0.3 is 0 Å². The van der Waals surface area contributed by atoms with Crippen molar-refractivity contribution in [3.8, 4) is 5.75 Å². The van der Waals surface area contributed by atoms with Crippen molar-refractivity contribution in [3.63, 3.8) is 0 Å². The molecule has 0 spiro atoms. The third-order valence-electron chi connectivity index (χ3n) is 8.13. The van der Waals surface area contributed by atoms with Gasteiger partial charge in [0.25, 0.3) is 5.91 Å². The van der Waals surface area contributed by atoms with Crippen LogP contribution in [0.5, 0.6) is 5.75 Å². The van der Waals surface area contributed by atoms with Gasteiger partial charge < -0.3 is 14.5 Å². The van der Waals surface area contributed by atoms with Gasteiger partial charge in [0.15, 0.2) is 0 Å². The van der Waals surface area contributed by atoms with Crippen molar-refractivity contribution < 1.29 is 14.0 Å². The average Bonchev–Trinajstić information content (AvgIpc) is 2.83. The monoisotopic (exact) mass is 443 g/mol. The predicted molar refractivity (Wildman–Crippen MR) is 134 cm³/mol. The van der Waals surface area contributed by atoms with E-state index in [9.17, 15) is 4.79 Å². The molecule has 3 aromatic carbocycles. The first kappa shape index (κ1) is 22.0. The Morgan fingerprint density at radius 1 is 1.00 bits per heavy atom. The Labute approximate surface area is 197 Å². The molecule has 1 aliphatic carbocycles. The number of fused-ring (bicyclic) bond motifs is 2.